The first-order valence-electron chi connectivity index (χ1n) is 6.41. The number of nitrogens with one attached hydrogen (secondary N) is 1. The predicted octanol–water partition coefficient (Wildman–Crippen LogP) is 1.74. The average Bonchev–Trinajstić information content (AvgIpc) is 2.42. The molecule has 0 bridgehead atoms. The summed E-state index contributed by atoms with van der Waals surface area (Å²) in [5.74, 6) is -0.333. The summed E-state index contributed by atoms with van der Waals surface area (Å²) in [4.78, 5) is 16.1. The Bertz CT molecular complexity index is 473. The Morgan fingerprint density at radius 3 is 2.79 bits per heavy atom. The van der Waals surface area contributed by atoms with Gasteiger partial charge in [-0.05, 0) is 18.9 Å². The van der Waals surface area contributed by atoms with Crippen molar-refractivity contribution >= 4 is 23.2 Å². The lowest BCUT2D eigenvalue weighted by atomic mass is 9.82. The highest BCUT2D eigenvalue weighted by Gasteiger charge is 2.33. The molecular weight excluding hydrogens is 266 g/mol. The van der Waals surface area contributed by atoms with Crippen molar-refractivity contribution < 1.29 is 9.90 Å². The van der Waals surface area contributed by atoms with Crippen molar-refractivity contribution in [2.24, 2.45) is 0 Å². The van der Waals surface area contributed by atoms with Gasteiger partial charge in [-0.3, -0.25) is 4.79 Å². The van der Waals surface area contributed by atoms with Crippen molar-refractivity contribution in [3.8, 4) is 0 Å². The number of anilines is 1. The van der Waals surface area contributed by atoms with Gasteiger partial charge in [-0.1, -0.05) is 30.9 Å². The van der Waals surface area contributed by atoms with E-state index in [0.29, 0.717) is 5.69 Å². The zero-order valence-electron chi connectivity index (χ0n) is 10.7. The molecule has 1 aliphatic rings. The molecule has 1 saturated carbocycles. The van der Waals surface area contributed by atoms with Gasteiger partial charge in [0, 0.05) is 0 Å². The predicted molar refractivity (Wildman–Crippen MR) is 74.0 cm³/mol. The molecule has 0 aliphatic heterocycles. The third-order valence-electron chi connectivity index (χ3n) is 3.60. The van der Waals surface area contributed by atoms with Gasteiger partial charge < -0.3 is 16.2 Å². The third kappa shape index (κ3) is 3.16. The van der Waals surface area contributed by atoms with Crippen molar-refractivity contribution in [1.82, 2.24) is 10.3 Å². The first-order valence-corrected chi connectivity index (χ1v) is 6.78. The van der Waals surface area contributed by atoms with Gasteiger partial charge in [0.25, 0.3) is 5.91 Å². The zero-order chi connectivity index (χ0) is 13.9. The van der Waals surface area contributed by atoms with E-state index in [4.69, 9.17) is 17.3 Å². The number of nitrogens with zero attached hydrogens (tertiary/aromatic N) is 1. The van der Waals surface area contributed by atoms with Crippen LogP contribution in [0.3, 0.4) is 0 Å². The van der Waals surface area contributed by atoms with Gasteiger partial charge in [-0.2, -0.15) is 0 Å². The van der Waals surface area contributed by atoms with Crippen LogP contribution in [0.25, 0.3) is 0 Å². The number of nitrogen functional groups attached to an aromatic ring is 1. The molecule has 0 spiro atoms. The minimum absolute atomic E-state index is 0.0634. The molecule has 0 atom stereocenters. The summed E-state index contributed by atoms with van der Waals surface area (Å²) >= 11 is 5.91. The second-order valence-electron chi connectivity index (χ2n) is 5.06. The highest BCUT2D eigenvalue weighted by molar-refractivity contribution is 6.32. The van der Waals surface area contributed by atoms with Gasteiger partial charge in [0.2, 0.25) is 0 Å². The number of carbonyl (C=O) groups is 1. The van der Waals surface area contributed by atoms with Gasteiger partial charge in [-0.25, -0.2) is 4.98 Å². The van der Waals surface area contributed by atoms with Crippen LogP contribution >= 0.6 is 11.6 Å². The quantitative estimate of drug-likeness (QED) is 0.737. The maximum atomic E-state index is 12.2. The van der Waals surface area contributed by atoms with Crippen molar-refractivity contribution in [2.45, 2.75) is 37.6 Å². The fourth-order valence-corrected chi connectivity index (χ4v) is 2.67. The second-order valence-corrected chi connectivity index (χ2v) is 5.42. The molecule has 0 unspecified atom stereocenters. The van der Waals surface area contributed by atoms with Crippen LogP contribution in [0.2, 0.25) is 5.15 Å². The van der Waals surface area contributed by atoms with Crippen LogP contribution in [0, 0.1) is 0 Å². The second kappa shape index (κ2) is 5.75. The lowest BCUT2D eigenvalue weighted by Crippen LogP contribution is -2.52. The number of aliphatic hydroxyl groups excluding tert-OH is 1. The molecule has 1 amide bonds. The largest absolute Gasteiger partial charge is 0.397 e. The number of carbonyl (C=O) groups excluding carboxylic acids is 1. The molecule has 5 nitrogen and oxygen atoms in total. The summed E-state index contributed by atoms with van der Waals surface area (Å²) < 4.78 is 0. The number of rotatable bonds is 3. The molecule has 0 radical (unpaired) electrons. The van der Waals surface area contributed by atoms with Crippen molar-refractivity contribution in [2.75, 3.05) is 12.3 Å². The number of nitrogens with two attached hydrogens (primary N) is 1. The summed E-state index contributed by atoms with van der Waals surface area (Å²) in [5.41, 5.74) is 5.71. The standard InChI is InChI=1S/C13H18ClN3O2/c14-11-10(6-9(15)7-16-11)12(19)17-13(8-18)4-2-1-3-5-13/h6-7,18H,1-5,8,15H2,(H,17,19). The minimum atomic E-state index is -0.538. The zero-order valence-corrected chi connectivity index (χ0v) is 11.4. The first kappa shape index (κ1) is 14.1. The van der Waals surface area contributed by atoms with E-state index in [1.165, 1.54) is 12.3 Å². The van der Waals surface area contributed by atoms with E-state index >= 15 is 0 Å². The molecule has 1 heterocycles. The van der Waals surface area contributed by atoms with E-state index < -0.39 is 5.54 Å². The maximum Gasteiger partial charge on any atom is 0.254 e. The summed E-state index contributed by atoms with van der Waals surface area (Å²) in [7, 11) is 0. The van der Waals surface area contributed by atoms with Gasteiger partial charge in [0.05, 0.1) is 29.6 Å². The minimum Gasteiger partial charge on any atom is -0.397 e. The summed E-state index contributed by atoms with van der Waals surface area (Å²) in [6.07, 6.45) is 6.11. The average molecular weight is 284 g/mol. The number of aromatic nitrogens is 1. The number of amides is 1. The van der Waals surface area contributed by atoms with E-state index in [-0.39, 0.29) is 23.2 Å². The molecule has 1 aromatic heterocycles. The Balaban J connectivity index is 2.17. The molecular formula is C13H18ClN3O2. The Labute approximate surface area is 117 Å². The van der Waals surface area contributed by atoms with Gasteiger partial charge in [-0.15, -0.1) is 0 Å². The van der Waals surface area contributed by atoms with Crippen LogP contribution in [-0.2, 0) is 0 Å². The van der Waals surface area contributed by atoms with E-state index in [0.717, 1.165) is 32.1 Å². The molecule has 104 valence electrons. The van der Waals surface area contributed by atoms with Crippen LogP contribution in [0.4, 0.5) is 5.69 Å². The van der Waals surface area contributed by atoms with Crippen molar-refractivity contribution in [3.63, 3.8) is 0 Å². The molecule has 6 heteroatoms. The van der Waals surface area contributed by atoms with Crippen LogP contribution in [0.1, 0.15) is 42.5 Å². The molecule has 0 saturated heterocycles. The SMILES string of the molecule is Nc1cnc(Cl)c(C(=O)NC2(CO)CCCCC2)c1. The van der Waals surface area contributed by atoms with E-state index in [1.54, 1.807) is 0 Å². The Hall–Kier alpha value is -1.33. The molecule has 1 aliphatic carbocycles. The molecule has 2 rings (SSSR count). The number of aliphatic hydroxyl groups is 1. The Kier molecular flexibility index (Phi) is 4.27. The fourth-order valence-electron chi connectivity index (χ4n) is 2.48. The summed E-state index contributed by atoms with van der Waals surface area (Å²) in [5, 5.41) is 12.6. The number of hydrogen-bond donors (Lipinski definition) is 3. The lowest BCUT2D eigenvalue weighted by Gasteiger charge is -2.36. The van der Waals surface area contributed by atoms with Gasteiger partial charge >= 0.3 is 0 Å². The number of pyridine rings is 1. The van der Waals surface area contributed by atoms with Gasteiger partial charge in [0.15, 0.2) is 0 Å². The first-order chi connectivity index (χ1) is 9.06. The monoisotopic (exact) mass is 283 g/mol. The number of halogens is 1. The smallest absolute Gasteiger partial charge is 0.254 e. The van der Waals surface area contributed by atoms with Crippen molar-refractivity contribution in [3.05, 3.63) is 23.0 Å². The van der Waals surface area contributed by atoms with Crippen LogP contribution in [-0.4, -0.2) is 28.1 Å². The van der Waals surface area contributed by atoms with Crippen LogP contribution in [0.5, 0.6) is 0 Å². The Morgan fingerprint density at radius 2 is 2.16 bits per heavy atom. The topological polar surface area (TPSA) is 88.2 Å². The van der Waals surface area contributed by atoms with Crippen LogP contribution in [0.15, 0.2) is 12.3 Å². The molecule has 4 N–H and O–H groups in total. The Morgan fingerprint density at radius 1 is 1.47 bits per heavy atom. The summed E-state index contributed by atoms with van der Waals surface area (Å²) in [6, 6.07) is 1.50. The molecule has 1 fully saturated rings. The van der Waals surface area contributed by atoms with Crippen LogP contribution < -0.4 is 11.1 Å². The highest BCUT2D eigenvalue weighted by Crippen LogP contribution is 2.28. The maximum absolute atomic E-state index is 12.2. The lowest BCUT2D eigenvalue weighted by molar-refractivity contribution is 0.0758. The van der Waals surface area contributed by atoms with Gasteiger partial charge in [0.1, 0.15) is 5.15 Å². The highest BCUT2D eigenvalue weighted by atomic mass is 35.5. The van der Waals surface area contributed by atoms with E-state index in [1.807, 2.05) is 0 Å². The normalized spacial score (nSPS) is 18.0. The molecule has 19 heavy (non-hydrogen) atoms. The number of hydrogen-bond acceptors (Lipinski definition) is 4. The third-order valence-corrected chi connectivity index (χ3v) is 3.90. The van der Waals surface area contributed by atoms with E-state index in [9.17, 15) is 9.90 Å². The fraction of sp³-hybridized carbons (Fsp3) is 0.538. The van der Waals surface area contributed by atoms with Crippen molar-refractivity contribution in [1.29, 1.82) is 0 Å². The molecule has 1 aromatic rings. The summed E-state index contributed by atoms with van der Waals surface area (Å²) in [6.45, 7) is -0.0634. The molecule has 0 aromatic carbocycles. The van der Waals surface area contributed by atoms with E-state index in [2.05, 4.69) is 10.3 Å².